The van der Waals surface area contributed by atoms with Gasteiger partial charge in [-0.25, -0.2) is 9.97 Å². The third kappa shape index (κ3) is 4.44. The van der Waals surface area contributed by atoms with E-state index in [1.54, 1.807) is 18.0 Å². The summed E-state index contributed by atoms with van der Waals surface area (Å²) >= 11 is 9.13. The summed E-state index contributed by atoms with van der Waals surface area (Å²) in [5.74, 6) is 0.587. The van der Waals surface area contributed by atoms with Crippen LogP contribution in [0.1, 0.15) is 25.1 Å². The number of benzene rings is 1. The summed E-state index contributed by atoms with van der Waals surface area (Å²) in [4.78, 5) is 22.7. The van der Waals surface area contributed by atoms with Gasteiger partial charge in [-0.15, -0.1) is 11.3 Å². The topological polar surface area (TPSA) is 46.1 Å². The van der Waals surface area contributed by atoms with Crippen LogP contribution < -0.4 is 4.90 Å². The van der Waals surface area contributed by atoms with Crippen LogP contribution in [-0.2, 0) is 17.0 Å². The number of rotatable bonds is 6. The molecule has 0 aliphatic carbocycles. The number of halogens is 1. The van der Waals surface area contributed by atoms with Crippen LogP contribution in [0.2, 0.25) is 5.02 Å². The number of nitrogens with zero attached hydrogens (tertiary/aromatic N) is 3. The van der Waals surface area contributed by atoms with Crippen molar-refractivity contribution in [3.8, 4) is 0 Å². The van der Waals surface area contributed by atoms with Gasteiger partial charge < -0.3 is 0 Å². The lowest BCUT2D eigenvalue weighted by molar-refractivity contribution is -0.115. The molecular weight excluding hydrogens is 386 g/mol. The fourth-order valence-corrected chi connectivity index (χ4v) is 4.44. The summed E-state index contributed by atoms with van der Waals surface area (Å²) in [6.45, 7) is 3.66. The monoisotopic (exact) mass is 403 g/mol. The molecule has 0 aliphatic heterocycles. The molecule has 1 amide bonds. The molecule has 0 spiro atoms. The van der Waals surface area contributed by atoms with E-state index in [4.69, 9.17) is 11.6 Å². The zero-order valence-corrected chi connectivity index (χ0v) is 16.9. The molecule has 0 atom stereocenters. The molecule has 3 aromatic rings. The van der Waals surface area contributed by atoms with Crippen molar-refractivity contribution in [2.24, 2.45) is 0 Å². The highest BCUT2D eigenvalue weighted by Crippen LogP contribution is 2.32. The Kier molecular flexibility index (Phi) is 6.29. The number of thioether (sulfide) groups is 1. The van der Waals surface area contributed by atoms with Gasteiger partial charge in [-0.3, -0.25) is 9.69 Å². The first-order chi connectivity index (χ1) is 12.6. The predicted molar refractivity (Wildman–Crippen MR) is 110 cm³/mol. The van der Waals surface area contributed by atoms with Crippen LogP contribution in [0.4, 0.5) is 10.8 Å². The molecule has 26 heavy (non-hydrogen) atoms. The van der Waals surface area contributed by atoms with Crippen LogP contribution in [-0.4, -0.2) is 15.9 Å². The summed E-state index contributed by atoms with van der Waals surface area (Å²) in [6.07, 6.45) is 2.69. The summed E-state index contributed by atoms with van der Waals surface area (Å²) in [6, 6.07) is 11.6. The average Bonchev–Trinajstić information content (AvgIpc) is 3.10. The zero-order valence-electron chi connectivity index (χ0n) is 14.5. The van der Waals surface area contributed by atoms with Crippen LogP contribution in [0.5, 0.6) is 0 Å². The Hall–Kier alpha value is -1.89. The highest BCUT2D eigenvalue weighted by Gasteiger charge is 2.18. The molecule has 0 bridgehead atoms. The summed E-state index contributed by atoms with van der Waals surface area (Å²) < 4.78 is 0. The van der Waals surface area contributed by atoms with Crippen molar-refractivity contribution >= 4 is 51.4 Å². The Morgan fingerprint density at radius 2 is 2.04 bits per heavy atom. The minimum absolute atomic E-state index is 0.0597. The van der Waals surface area contributed by atoms with Crippen LogP contribution in [0.25, 0.3) is 0 Å². The van der Waals surface area contributed by atoms with Crippen molar-refractivity contribution in [3.63, 3.8) is 0 Å². The molecule has 7 heteroatoms. The molecule has 4 nitrogen and oxygen atoms in total. The van der Waals surface area contributed by atoms with Gasteiger partial charge >= 0.3 is 0 Å². The second kappa shape index (κ2) is 8.66. The SMILES string of the molecule is CCc1ccc(N(C(C)=O)c2nc(CSc3ncccc3Cl)cs2)cc1. The maximum atomic E-state index is 12.2. The number of aromatic nitrogens is 2. The quantitative estimate of drug-likeness (QED) is 0.493. The molecule has 0 aliphatic rings. The summed E-state index contributed by atoms with van der Waals surface area (Å²) in [7, 11) is 0. The van der Waals surface area contributed by atoms with Gasteiger partial charge in [0.2, 0.25) is 5.91 Å². The van der Waals surface area contributed by atoms with Crippen molar-refractivity contribution in [2.75, 3.05) is 4.90 Å². The molecule has 1 aromatic carbocycles. The van der Waals surface area contributed by atoms with E-state index in [9.17, 15) is 4.79 Å². The first-order valence-corrected chi connectivity index (χ1v) is 10.4. The summed E-state index contributed by atoms with van der Waals surface area (Å²) in [5.41, 5.74) is 2.96. The fourth-order valence-electron chi connectivity index (χ4n) is 2.39. The first-order valence-electron chi connectivity index (χ1n) is 8.16. The van der Waals surface area contributed by atoms with Gasteiger partial charge in [0.15, 0.2) is 5.13 Å². The van der Waals surface area contributed by atoms with E-state index >= 15 is 0 Å². The van der Waals surface area contributed by atoms with Crippen molar-refractivity contribution in [1.82, 2.24) is 9.97 Å². The Morgan fingerprint density at radius 1 is 1.27 bits per heavy atom. The second-order valence-corrected chi connectivity index (χ2v) is 7.78. The number of amides is 1. The van der Waals surface area contributed by atoms with E-state index < -0.39 is 0 Å². The van der Waals surface area contributed by atoms with Gasteiger partial charge in [0.05, 0.1) is 16.4 Å². The first kappa shape index (κ1) is 18.9. The van der Waals surface area contributed by atoms with E-state index in [1.165, 1.54) is 28.7 Å². The Morgan fingerprint density at radius 3 is 2.69 bits per heavy atom. The maximum absolute atomic E-state index is 12.2. The van der Waals surface area contributed by atoms with Crippen molar-refractivity contribution < 1.29 is 4.79 Å². The van der Waals surface area contributed by atoms with Gasteiger partial charge in [0.25, 0.3) is 0 Å². The molecule has 0 N–H and O–H groups in total. The molecule has 0 saturated heterocycles. The zero-order chi connectivity index (χ0) is 18.5. The Labute approximate surface area is 166 Å². The highest BCUT2D eigenvalue weighted by molar-refractivity contribution is 7.98. The average molecular weight is 404 g/mol. The number of anilines is 2. The molecular formula is C19H18ClN3OS2. The summed E-state index contributed by atoms with van der Waals surface area (Å²) in [5, 5.41) is 4.05. The number of carbonyl (C=O) groups excluding carboxylic acids is 1. The van der Waals surface area contributed by atoms with E-state index in [0.717, 1.165) is 22.8 Å². The number of hydrogen-bond donors (Lipinski definition) is 0. The van der Waals surface area contributed by atoms with Crippen LogP contribution in [0, 0.1) is 0 Å². The van der Waals surface area contributed by atoms with Crippen LogP contribution in [0.3, 0.4) is 0 Å². The molecule has 2 heterocycles. The minimum Gasteiger partial charge on any atom is -0.274 e. The smallest absolute Gasteiger partial charge is 0.230 e. The van der Waals surface area contributed by atoms with Gasteiger partial charge in [-0.1, -0.05) is 42.4 Å². The third-order valence-corrected chi connectivity index (χ3v) is 6.06. The van der Waals surface area contributed by atoms with Gasteiger partial charge in [0.1, 0.15) is 5.03 Å². The molecule has 134 valence electrons. The Bertz CT molecular complexity index is 896. The minimum atomic E-state index is -0.0597. The lowest BCUT2D eigenvalue weighted by atomic mass is 10.1. The fraction of sp³-hybridized carbons (Fsp3) is 0.211. The maximum Gasteiger partial charge on any atom is 0.230 e. The Balaban J connectivity index is 1.77. The number of carbonyl (C=O) groups is 1. The molecule has 2 aromatic heterocycles. The van der Waals surface area contributed by atoms with Crippen molar-refractivity contribution in [3.05, 3.63) is 64.3 Å². The molecule has 0 radical (unpaired) electrons. The van der Waals surface area contributed by atoms with Gasteiger partial charge in [-0.05, 0) is 36.2 Å². The number of hydrogen-bond acceptors (Lipinski definition) is 5. The third-order valence-electron chi connectivity index (χ3n) is 3.73. The number of thiazole rings is 1. The number of pyridine rings is 1. The molecule has 3 rings (SSSR count). The van der Waals surface area contributed by atoms with E-state index in [0.29, 0.717) is 15.9 Å². The normalized spacial score (nSPS) is 10.7. The van der Waals surface area contributed by atoms with E-state index in [1.807, 2.05) is 41.8 Å². The van der Waals surface area contributed by atoms with E-state index in [2.05, 4.69) is 16.9 Å². The lowest BCUT2D eigenvalue weighted by Crippen LogP contribution is -2.22. The van der Waals surface area contributed by atoms with Crippen LogP contribution >= 0.6 is 34.7 Å². The second-order valence-electron chi connectivity index (χ2n) is 5.57. The molecule has 0 fully saturated rings. The van der Waals surface area contributed by atoms with Crippen molar-refractivity contribution in [1.29, 1.82) is 0 Å². The lowest BCUT2D eigenvalue weighted by Gasteiger charge is -2.18. The van der Waals surface area contributed by atoms with Crippen molar-refractivity contribution in [2.45, 2.75) is 31.0 Å². The van der Waals surface area contributed by atoms with E-state index in [-0.39, 0.29) is 5.91 Å². The van der Waals surface area contributed by atoms with Gasteiger partial charge in [-0.2, -0.15) is 0 Å². The highest BCUT2D eigenvalue weighted by atomic mass is 35.5. The standard InChI is InChI=1S/C19H18ClN3OS2/c1-3-14-6-8-16(9-7-14)23(13(2)24)19-22-15(12-26-19)11-25-18-17(20)5-4-10-21-18/h4-10,12H,3,11H2,1-2H3. The molecule has 0 unspecified atom stereocenters. The molecule has 0 saturated carbocycles. The van der Waals surface area contributed by atoms with Gasteiger partial charge in [0, 0.05) is 24.3 Å². The largest absolute Gasteiger partial charge is 0.274 e. The van der Waals surface area contributed by atoms with Crippen LogP contribution in [0.15, 0.2) is 53.0 Å². The predicted octanol–water partition coefficient (Wildman–Crippen LogP) is 5.73. The number of aryl methyl sites for hydroxylation is 1.